The molecule has 102 valence electrons. The highest BCUT2D eigenvalue weighted by atomic mass is 79.9. The van der Waals surface area contributed by atoms with Crippen molar-refractivity contribution in [2.24, 2.45) is 0 Å². The van der Waals surface area contributed by atoms with Crippen LogP contribution in [0.4, 0.5) is 8.78 Å². The van der Waals surface area contributed by atoms with Crippen molar-refractivity contribution in [1.82, 2.24) is 5.32 Å². The molecule has 1 N–H and O–H groups in total. The van der Waals surface area contributed by atoms with Gasteiger partial charge in [0.1, 0.15) is 17.4 Å². The van der Waals surface area contributed by atoms with Gasteiger partial charge in [0.15, 0.2) is 0 Å². The van der Waals surface area contributed by atoms with E-state index in [1.54, 1.807) is 6.26 Å². The molecule has 19 heavy (non-hydrogen) atoms. The van der Waals surface area contributed by atoms with Gasteiger partial charge in [-0.15, -0.1) is 0 Å². The molecule has 0 saturated heterocycles. The van der Waals surface area contributed by atoms with E-state index in [1.807, 2.05) is 19.1 Å². The number of hydrogen-bond donors (Lipinski definition) is 1. The largest absolute Gasteiger partial charge is 0.469 e. The Balaban J connectivity index is 1.97. The van der Waals surface area contributed by atoms with Crippen LogP contribution in [0.1, 0.15) is 18.2 Å². The molecule has 0 fully saturated rings. The zero-order valence-corrected chi connectivity index (χ0v) is 12.0. The summed E-state index contributed by atoms with van der Waals surface area (Å²) in [5.41, 5.74) is 0.0423. The molecule has 2 rings (SSSR count). The molecule has 1 atom stereocenters. The average molecular weight is 330 g/mol. The van der Waals surface area contributed by atoms with Crippen LogP contribution in [0.5, 0.6) is 0 Å². The van der Waals surface area contributed by atoms with Gasteiger partial charge in [0.2, 0.25) is 0 Å². The minimum Gasteiger partial charge on any atom is -0.469 e. The van der Waals surface area contributed by atoms with Gasteiger partial charge in [-0.2, -0.15) is 0 Å². The fraction of sp³-hybridized carbons (Fsp3) is 0.286. The van der Waals surface area contributed by atoms with Gasteiger partial charge in [-0.3, -0.25) is 0 Å². The topological polar surface area (TPSA) is 25.2 Å². The Morgan fingerprint density at radius 1 is 1.32 bits per heavy atom. The summed E-state index contributed by atoms with van der Waals surface area (Å²) in [4.78, 5) is 0. The summed E-state index contributed by atoms with van der Waals surface area (Å²) < 4.78 is 32.8. The Bertz CT molecular complexity index is 543. The van der Waals surface area contributed by atoms with E-state index in [0.717, 1.165) is 5.76 Å². The second-order valence-corrected chi connectivity index (χ2v) is 5.24. The van der Waals surface area contributed by atoms with Crippen molar-refractivity contribution in [1.29, 1.82) is 0 Å². The molecule has 0 saturated carbocycles. The van der Waals surface area contributed by atoms with Crippen LogP contribution in [-0.4, -0.2) is 6.04 Å². The highest BCUT2D eigenvalue weighted by molar-refractivity contribution is 9.10. The second-order valence-electron chi connectivity index (χ2n) is 4.39. The fourth-order valence-electron chi connectivity index (χ4n) is 1.81. The van der Waals surface area contributed by atoms with Crippen molar-refractivity contribution < 1.29 is 13.2 Å². The summed E-state index contributed by atoms with van der Waals surface area (Å²) in [6.07, 6.45) is 2.28. The Kier molecular flexibility index (Phi) is 4.71. The van der Waals surface area contributed by atoms with Crippen LogP contribution < -0.4 is 5.32 Å². The van der Waals surface area contributed by atoms with Crippen molar-refractivity contribution in [3.8, 4) is 0 Å². The summed E-state index contributed by atoms with van der Waals surface area (Å²) >= 11 is 3.05. The minimum absolute atomic E-state index is 0.0423. The van der Waals surface area contributed by atoms with E-state index in [-0.39, 0.29) is 22.6 Å². The third-order valence-electron chi connectivity index (χ3n) is 2.85. The van der Waals surface area contributed by atoms with Crippen molar-refractivity contribution >= 4 is 15.9 Å². The summed E-state index contributed by atoms with van der Waals surface area (Å²) in [7, 11) is 0. The molecule has 0 radical (unpaired) electrons. The normalized spacial score (nSPS) is 12.6. The SMILES string of the molecule is CC(Cc1ccco1)NCc1c(F)ccc(Br)c1F. The lowest BCUT2D eigenvalue weighted by atomic mass is 10.1. The molecule has 0 spiro atoms. The lowest BCUT2D eigenvalue weighted by Crippen LogP contribution is -2.28. The van der Waals surface area contributed by atoms with Crippen molar-refractivity contribution in [2.45, 2.75) is 25.9 Å². The Labute approximate surface area is 118 Å². The maximum atomic E-state index is 13.7. The maximum absolute atomic E-state index is 13.7. The zero-order valence-electron chi connectivity index (χ0n) is 10.4. The van der Waals surface area contributed by atoms with E-state index >= 15 is 0 Å². The monoisotopic (exact) mass is 329 g/mol. The standard InChI is InChI=1S/C14H14BrF2NO/c1-9(7-10-3-2-6-19-10)18-8-11-13(16)5-4-12(15)14(11)17/h2-6,9,18H,7-8H2,1H3. The molecule has 2 nitrogen and oxygen atoms in total. The van der Waals surface area contributed by atoms with Gasteiger partial charge in [0.05, 0.1) is 10.7 Å². The Morgan fingerprint density at radius 2 is 2.11 bits per heavy atom. The van der Waals surface area contributed by atoms with Gasteiger partial charge >= 0.3 is 0 Å². The number of nitrogens with one attached hydrogen (secondary N) is 1. The molecular formula is C14H14BrF2NO. The first-order valence-electron chi connectivity index (χ1n) is 5.96. The molecular weight excluding hydrogens is 316 g/mol. The lowest BCUT2D eigenvalue weighted by molar-refractivity contribution is 0.447. The Morgan fingerprint density at radius 3 is 2.79 bits per heavy atom. The summed E-state index contributed by atoms with van der Waals surface area (Å²) in [6, 6.07) is 6.36. The van der Waals surface area contributed by atoms with Crippen molar-refractivity contribution in [2.75, 3.05) is 0 Å². The van der Waals surface area contributed by atoms with Gasteiger partial charge < -0.3 is 9.73 Å². The minimum atomic E-state index is -0.558. The van der Waals surface area contributed by atoms with Crippen LogP contribution in [0, 0.1) is 11.6 Å². The van der Waals surface area contributed by atoms with Crippen LogP contribution in [0.3, 0.4) is 0 Å². The number of benzene rings is 1. The van der Waals surface area contributed by atoms with Crippen molar-refractivity contribution in [3.05, 3.63) is 58.0 Å². The van der Waals surface area contributed by atoms with E-state index in [2.05, 4.69) is 21.2 Å². The van der Waals surface area contributed by atoms with Crippen LogP contribution in [0.25, 0.3) is 0 Å². The van der Waals surface area contributed by atoms with E-state index in [1.165, 1.54) is 12.1 Å². The number of furan rings is 1. The molecule has 0 amide bonds. The van der Waals surface area contributed by atoms with Crippen LogP contribution in [0.15, 0.2) is 39.4 Å². The first-order valence-corrected chi connectivity index (χ1v) is 6.75. The first-order chi connectivity index (χ1) is 9.08. The number of hydrogen-bond acceptors (Lipinski definition) is 2. The predicted octanol–water partition coefficient (Wildman–Crippen LogP) is 4.04. The molecule has 0 aliphatic heterocycles. The molecule has 2 aromatic rings. The van der Waals surface area contributed by atoms with Gasteiger partial charge in [0, 0.05) is 24.6 Å². The molecule has 1 unspecified atom stereocenters. The summed E-state index contributed by atoms with van der Waals surface area (Å²) in [5, 5.41) is 3.09. The fourth-order valence-corrected chi connectivity index (χ4v) is 2.18. The molecule has 0 aliphatic carbocycles. The molecule has 1 aromatic carbocycles. The van der Waals surface area contributed by atoms with E-state index < -0.39 is 11.6 Å². The third-order valence-corrected chi connectivity index (χ3v) is 3.47. The van der Waals surface area contributed by atoms with Gasteiger partial charge in [-0.25, -0.2) is 8.78 Å². The van der Waals surface area contributed by atoms with Gasteiger partial charge in [-0.05, 0) is 47.1 Å². The van der Waals surface area contributed by atoms with E-state index in [4.69, 9.17) is 4.42 Å². The first kappa shape index (κ1) is 14.2. The van der Waals surface area contributed by atoms with Gasteiger partial charge in [-0.1, -0.05) is 0 Å². The highest BCUT2D eigenvalue weighted by Gasteiger charge is 2.13. The maximum Gasteiger partial charge on any atom is 0.144 e. The molecule has 1 heterocycles. The van der Waals surface area contributed by atoms with E-state index in [0.29, 0.717) is 6.42 Å². The average Bonchev–Trinajstić information content (AvgIpc) is 2.87. The Hall–Kier alpha value is -1.20. The van der Waals surface area contributed by atoms with E-state index in [9.17, 15) is 8.78 Å². The highest BCUT2D eigenvalue weighted by Crippen LogP contribution is 2.21. The predicted molar refractivity (Wildman–Crippen MR) is 72.8 cm³/mol. The van der Waals surface area contributed by atoms with Crippen LogP contribution >= 0.6 is 15.9 Å². The lowest BCUT2D eigenvalue weighted by Gasteiger charge is -2.13. The van der Waals surface area contributed by atoms with Gasteiger partial charge in [0.25, 0.3) is 0 Å². The van der Waals surface area contributed by atoms with Crippen molar-refractivity contribution in [3.63, 3.8) is 0 Å². The smallest absolute Gasteiger partial charge is 0.144 e. The molecule has 5 heteroatoms. The third kappa shape index (κ3) is 3.64. The molecule has 1 aromatic heterocycles. The molecule has 0 bridgehead atoms. The number of halogens is 3. The second kappa shape index (κ2) is 6.30. The van der Waals surface area contributed by atoms with Crippen LogP contribution in [-0.2, 0) is 13.0 Å². The summed E-state index contributed by atoms with van der Waals surface area (Å²) in [5.74, 6) is -0.258. The molecule has 0 aliphatic rings. The van der Waals surface area contributed by atoms with Crippen LogP contribution in [0.2, 0.25) is 0 Å². The zero-order chi connectivity index (χ0) is 13.8. The quantitative estimate of drug-likeness (QED) is 0.837. The number of rotatable bonds is 5. The summed E-state index contributed by atoms with van der Waals surface area (Å²) in [6.45, 7) is 2.08.